The molecule has 1 amide bonds. The highest BCUT2D eigenvalue weighted by Gasteiger charge is 2.42. The number of benzene rings is 1. The number of piperidine rings is 1. The molecule has 0 radical (unpaired) electrons. The third-order valence-electron chi connectivity index (χ3n) is 5.48. The maximum Gasteiger partial charge on any atom is 0.254 e. The predicted molar refractivity (Wildman–Crippen MR) is 98.7 cm³/mol. The van der Waals surface area contributed by atoms with E-state index in [2.05, 4.69) is 40.5 Å². The Morgan fingerprint density at radius 2 is 1.88 bits per heavy atom. The molecule has 5 heteroatoms. The number of hydrogen-bond donors (Lipinski definition) is 1. The molecular formula is C19H29ClN2O2. The zero-order chi connectivity index (χ0) is 16.1. The first kappa shape index (κ1) is 19.2. The average Bonchev–Trinajstić information content (AvgIpc) is 2.88. The van der Waals surface area contributed by atoms with E-state index in [0.717, 1.165) is 58.3 Å². The van der Waals surface area contributed by atoms with Gasteiger partial charge in [-0.15, -0.1) is 12.4 Å². The van der Waals surface area contributed by atoms with Gasteiger partial charge in [0.15, 0.2) is 0 Å². The Kier molecular flexibility index (Phi) is 7.08. The molecule has 3 rings (SSSR count). The number of likely N-dealkylation sites (tertiary alicyclic amines) is 1. The number of methoxy groups -OCH3 is 1. The van der Waals surface area contributed by atoms with Crippen molar-refractivity contribution in [2.45, 2.75) is 43.6 Å². The molecule has 24 heavy (non-hydrogen) atoms. The molecule has 2 aliphatic heterocycles. The summed E-state index contributed by atoms with van der Waals surface area (Å²) in [6.07, 6.45) is 4.84. The Labute approximate surface area is 151 Å². The average molecular weight is 353 g/mol. The van der Waals surface area contributed by atoms with Gasteiger partial charge in [-0.2, -0.15) is 0 Å². The second-order valence-electron chi connectivity index (χ2n) is 6.78. The lowest BCUT2D eigenvalue weighted by molar-refractivity contribution is -0.158. The molecule has 0 aliphatic carbocycles. The number of hydrogen-bond acceptors (Lipinski definition) is 3. The van der Waals surface area contributed by atoms with Gasteiger partial charge in [0.1, 0.15) is 5.60 Å². The number of rotatable bonds is 3. The van der Waals surface area contributed by atoms with Gasteiger partial charge in [-0.1, -0.05) is 30.3 Å². The molecule has 2 aliphatic rings. The maximum absolute atomic E-state index is 13.1. The zero-order valence-corrected chi connectivity index (χ0v) is 15.3. The van der Waals surface area contributed by atoms with Crippen molar-refractivity contribution in [3.8, 4) is 0 Å². The summed E-state index contributed by atoms with van der Waals surface area (Å²) in [6, 6.07) is 10.7. The second-order valence-corrected chi connectivity index (χ2v) is 6.78. The van der Waals surface area contributed by atoms with Gasteiger partial charge in [-0.3, -0.25) is 4.79 Å². The zero-order valence-electron chi connectivity index (χ0n) is 14.5. The Morgan fingerprint density at radius 3 is 2.54 bits per heavy atom. The maximum atomic E-state index is 13.1. The molecule has 1 aromatic rings. The Balaban J connectivity index is 0.00000208. The summed E-state index contributed by atoms with van der Waals surface area (Å²) >= 11 is 0. The van der Waals surface area contributed by atoms with Gasteiger partial charge in [0.05, 0.1) is 0 Å². The van der Waals surface area contributed by atoms with Crippen molar-refractivity contribution in [1.82, 2.24) is 10.2 Å². The van der Waals surface area contributed by atoms with E-state index >= 15 is 0 Å². The molecule has 0 bridgehead atoms. The first-order chi connectivity index (χ1) is 11.2. The molecule has 1 aromatic carbocycles. The lowest BCUT2D eigenvalue weighted by Gasteiger charge is -2.38. The summed E-state index contributed by atoms with van der Waals surface area (Å²) in [5.41, 5.74) is 0.808. The fourth-order valence-electron chi connectivity index (χ4n) is 3.98. The SMILES string of the molecule is COC1(C(=O)N2CCCC(c3ccccc3)CC2)CCNCC1.Cl. The Morgan fingerprint density at radius 1 is 1.17 bits per heavy atom. The number of halogens is 1. The van der Waals surface area contributed by atoms with Gasteiger partial charge in [-0.25, -0.2) is 0 Å². The van der Waals surface area contributed by atoms with Crippen LogP contribution in [0.2, 0.25) is 0 Å². The molecule has 1 unspecified atom stereocenters. The summed E-state index contributed by atoms with van der Waals surface area (Å²) in [5.74, 6) is 0.774. The topological polar surface area (TPSA) is 41.6 Å². The van der Waals surface area contributed by atoms with Crippen molar-refractivity contribution in [3.63, 3.8) is 0 Å². The van der Waals surface area contributed by atoms with Gasteiger partial charge in [-0.05, 0) is 56.7 Å². The van der Waals surface area contributed by atoms with Crippen LogP contribution >= 0.6 is 12.4 Å². The highest BCUT2D eigenvalue weighted by molar-refractivity contribution is 5.85. The highest BCUT2D eigenvalue weighted by Crippen LogP contribution is 2.31. The van der Waals surface area contributed by atoms with Crippen LogP contribution in [0.5, 0.6) is 0 Å². The fraction of sp³-hybridized carbons (Fsp3) is 0.632. The lowest BCUT2D eigenvalue weighted by atomic mass is 9.90. The van der Waals surface area contributed by atoms with Crippen LogP contribution in [-0.4, -0.2) is 49.7 Å². The smallest absolute Gasteiger partial charge is 0.254 e. The van der Waals surface area contributed by atoms with E-state index < -0.39 is 5.60 Å². The number of amides is 1. The van der Waals surface area contributed by atoms with Crippen molar-refractivity contribution in [2.75, 3.05) is 33.3 Å². The summed E-state index contributed by atoms with van der Waals surface area (Å²) in [4.78, 5) is 15.1. The van der Waals surface area contributed by atoms with E-state index in [1.54, 1.807) is 7.11 Å². The van der Waals surface area contributed by atoms with Crippen molar-refractivity contribution < 1.29 is 9.53 Å². The minimum atomic E-state index is -0.599. The molecule has 0 spiro atoms. The van der Waals surface area contributed by atoms with Crippen LogP contribution in [-0.2, 0) is 9.53 Å². The molecule has 1 N–H and O–H groups in total. The highest BCUT2D eigenvalue weighted by atomic mass is 35.5. The molecule has 134 valence electrons. The number of carbonyl (C=O) groups is 1. The van der Waals surface area contributed by atoms with Crippen LogP contribution < -0.4 is 5.32 Å². The molecule has 2 heterocycles. The predicted octanol–water partition coefficient (Wildman–Crippen LogP) is 2.97. The summed E-state index contributed by atoms with van der Waals surface area (Å²) in [5, 5.41) is 3.32. The van der Waals surface area contributed by atoms with Crippen LogP contribution in [0.4, 0.5) is 0 Å². The van der Waals surface area contributed by atoms with E-state index in [1.165, 1.54) is 5.56 Å². The molecule has 4 nitrogen and oxygen atoms in total. The van der Waals surface area contributed by atoms with Crippen molar-refractivity contribution >= 4 is 18.3 Å². The monoisotopic (exact) mass is 352 g/mol. The molecule has 1 atom stereocenters. The van der Waals surface area contributed by atoms with E-state index in [0.29, 0.717) is 5.92 Å². The minimum absolute atomic E-state index is 0. The normalized spacial score (nSPS) is 23.9. The van der Waals surface area contributed by atoms with Crippen LogP contribution in [0.25, 0.3) is 0 Å². The second kappa shape index (κ2) is 8.84. The Hall–Kier alpha value is -1.10. The molecule has 0 aromatic heterocycles. The first-order valence-electron chi connectivity index (χ1n) is 8.85. The number of nitrogens with zero attached hydrogens (tertiary/aromatic N) is 1. The quantitative estimate of drug-likeness (QED) is 0.909. The van der Waals surface area contributed by atoms with E-state index in [9.17, 15) is 4.79 Å². The van der Waals surface area contributed by atoms with Crippen molar-refractivity contribution in [2.24, 2.45) is 0 Å². The summed E-state index contributed by atoms with van der Waals surface area (Å²) < 4.78 is 5.71. The number of ether oxygens (including phenoxy) is 1. The molecule has 2 fully saturated rings. The summed E-state index contributed by atoms with van der Waals surface area (Å²) in [7, 11) is 1.69. The minimum Gasteiger partial charge on any atom is -0.368 e. The number of nitrogens with one attached hydrogen (secondary N) is 1. The van der Waals surface area contributed by atoms with Gasteiger partial charge >= 0.3 is 0 Å². The number of carbonyl (C=O) groups excluding carboxylic acids is 1. The van der Waals surface area contributed by atoms with Gasteiger partial charge in [0, 0.05) is 20.2 Å². The van der Waals surface area contributed by atoms with Crippen LogP contribution in [0.15, 0.2) is 30.3 Å². The Bertz CT molecular complexity index is 517. The van der Waals surface area contributed by atoms with Gasteiger partial charge < -0.3 is 15.0 Å². The summed E-state index contributed by atoms with van der Waals surface area (Å²) in [6.45, 7) is 3.43. The van der Waals surface area contributed by atoms with Gasteiger partial charge in [0.2, 0.25) is 0 Å². The molecule has 0 saturated carbocycles. The first-order valence-corrected chi connectivity index (χ1v) is 8.85. The van der Waals surface area contributed by atoms with Crippen molar-refractivity contribution in [3.05, 3.63) is 35.9 Å². The molecule has 2 saturated heterocycles. The van der Waals surface area contributed by atoms with E-state index in [1.807, 2.05) is 0 Å². The van der Waals surface area contributed by atoms with E-state index in [-0.39, 0.29) is 18.3 Å². The lowest BCUT2D eigenvalue weighted by Crippen LogP contribution is -2.55. The third kappa shape index (κ3) is 4.11. The largest absolute Gasteiger partial charge is 0.368 e. The van der Waals surface area contributed by atoms with Crippen molar-refractivity contribution in [1.29, 1.82) is 0 Å². The van der Waals surface area contributed by atoms with Crippen LogP contribution in [0.3, 0.4) is 0 Å². The van der Waals surface area contributed by atoms with E-state index in [4.69, 9.17) is 4.74 Å². The fourth-order valence-corrected chi connectivity index (χ4v) is 3.98. The molecular weight excluding hydrogens is 324 g/mol. The van der Waals surface area contributed by atoms with Crippen LogP contribution in [0, 0.1) is 0 Å². The standard InChI is InChI=1S/C19H28N2O2.ClH/c1-23-19(10-12-20-13-11-19)18(22)21-14-5-8-17(9-15-21)16-6-3-2-4-7-16;/h2-4,6-7,17,20H,5,8-15H2,1H3;1H. The van der Waals surface area contributed by atoms with Crippen LogP contribution in [0.1, 0.15) is 43.6 Å². The van der Waals surface area contributed by atoms with Gasteiger partial charge in [0.25, 0.3) is 5.91 Å². The third-order valence-corrected chi connectivity index (χ3v) is 5.48.